The average Bonchev–Trinajstić information content (AvgIpc) is 2.68. The van der Waals surface area contributed by atoms with E-state index in [2.05, 4.69) is 22.8 Å². The van der Waals surface area contributed by atoms with E-state index < -0.39 is 0 Å². The van der Waals surface area contributed by atoms with Crippen molar-refractivity contribution in [1.29, 1.82) is 0 Å². The third-order valence-corrected chi connectivity index (χ3v) is 4.61. The zero-order valence-electron chi connectivity index (χ0n) is 15.3. The quantitative estimate of drug-likeness (QED) is 0.475. The van der Waals surface area contributed by atoms with Gasteiger partial charge in [-0.3, -0.25) is 10.1 Å². The summed E-state index contributed by atoms with van der Waals surface area (Å²) < 4.78 is 5.73. The van der Waals surface area contributed by atoms with E-state index in [1.165, 1.54) is 5.56 Å². The molecule has 0 radical (unpaired) electrons. The fourth-order valence-electron chi connectivity index (χ4n) is 2.60. The smallest absolute Gasteiger partial charge is 0.257 e. The number of thiocarbonyl (C=S) groups is 1. The maximum absolute atomic E-state index is 12.4. The van der Waals surface area contributed by atoms with Gasteiger partial charge in [-0.05, 0) is 60.2 Å². The van der Waals surface area contributed by atoms with Crippen LogP contribution in [0.4, 0.5) is 5.69 Å². The van der Waals surface area contributed by atoms with Crippen molar-refractivity contribution in [2.45, 2.75) is 6.42 Å². The van der Waals surface area contributed by atoms with E-state index in [1.807, 2.05) is 18.2 Å². The summed E-state index contributed by atoms with van der Waals surface area (Å²) in [7, 11) is 0. The molecule has 2 N–H and O–H groups in total. The van der Waals surface area contributed by atoms with Crippen molar-refractivity contribution in [2.24, 2.45) is 0 Å². The highest BCUT2D eigenvalue weighted by molar-refractivity contribution is 7.80. The highest BCUT2D eigenvalue weighted by atomic mass is 35.5. The Kier molecular flexibility index (Phi) is 7.47. The Morgan fingerprint density at radius 3 is 2.24 bits per heavy atom. The van der Waals surface area contributed by atoms with Crippen molar-refractivity contribution in [3.63, 3.8) is 0 Å². The number of anilines is 1. The van der Waals surface area contributed by atoms with Crippen molar-refractivity contribution in [1.82, 2.24) is 5.32 Å². The third-order valence-electron chi connectivity index (χ3n) is 3.97. The largest absolute Gasteiger partial charge is 0.493 e. The number of halogens is 2. The van der Waals surface area contributed by atoms with Gasteiger partial charge in [0.25, 0.3) is 5.91 Å². The molecule has 1 amide bonds. The molecule has 0 saturated carbocycles. The molecule has 0 heterocycles. The van der Waals surface area contributed by atoms with Crippen LogP contribution in [-0.4, -0.2) is 17.6 Å². The van der Waals surface area contributed by atoms with Crippen LogP contribution in [0.3, 0.4) is 0 Å². The number of ether oxygens (including phenoxy) is 1. The lowest BCUT2D eigenvalue weighted by Gasteiger charge is -2.11. The highest BCUT2D eigenvalue weighted by Gasteiger charge is 2.09. The van der Waals surface area contributed by atoms with Gasteiger partial charge in [0.05, 0.1) is 6.61 Å². The molecule has 0 spiro atoms. The predicted octanol–water partition coefficient (Wildman–Crippen LogP) is 5.74. The van der Waals surface area contributed by atoms with Gasteiger partial charge < -0.3 is 10.1 Å². The zero-order valence-corrected chi connectivity index (χ0v) is 17.7. The van der Waals surface area contributed by atoms with Crippen LogP contribution in [0, 0.1) is 0 Å². The van der Waals surface area contributed by atoms with Gasteiger partial charge in [-0.2, -0.15) is 0 Å². The molecule has 4 nitrogen and oxygen atoms in total. The van der Waals surface area contributed by atoms with Crippen LogP contribution in [0.15, 0.2) is 72.8 Å². The molecule has 0 fully saturated rings. The maximum Gasteiger partial charge on any atom is 0.257 e. The van der Waals surface area contributed by atoms with Crippen molar-refractivity contribution < 1.29 is 9.53 Å². The van der Waals surface area contributed by atoms with Gasteiger partial charge in [0.15, 0.2) is 5.11 Å². The summed E-state index contributed by atoms with van der Waals surface area (Å²) in [6, 6.07) is 21.9. The summed E-state index contributed by atoms with van der Waals surface area (Å²) in [4.78, 5) is 12.4. The highest BCUT2D eigenvalue weighted by Crippen LogP contribution is 2.22. The van der Waals surface area contributed by atoms with E-state index in [1.54, 1.807) is 42.5 Å². The number of rotatable bonds is 6. The van der Waals surface area contributed by atoms with Gasteiger partial charge in [0, 0.05) is 27.7 Å². The third kappa shape index (κ3) is 6.75. The van der Waals surface area contributed by atoms with Gasteiger partial charge in [0.1, 0.15) is 5.75 Å². The predicted molar refractivity (Wildman–Crippen MR) is 122 cm³/mol. The molecule has 0 aromatic heterocycles. The van der Waals surface area contributed by atoms with Crippen LogP contribution < -0.4 is 15.4 Å². The first-order valence-electron chi connectivity index (χ1n) is 8.85. The fraction of sp³-hybridized carbons (Fsp3) is 0.0909. The normalized spacial score (nSPS) is 10.3. The first kappa shape index (κ1) is 21.1. The SMILES string of the molecule is O=C(NC(=S)Nc1cc(Cl)cc(Cl)c1)c1ccc(OCCc2ccccc2)cc1. The second-order valence-corrected chi connectivity index (χ2v) is 7.46. The average molecular weight is 445 g/mol. The first-order chi connectivity index (χ1) is 14.0. The molecule has 0 aliphatic rings. The Balaban J connectivity index is 1.49. The van der Waals surface area contributed by atoms with E-state index in [-0.39, 0.29) is 11.0 Å². The Bertz CT molecular complexity index is 975. The van der Waals surface area contributed by atoms with E-state index in [9.17, 15) is 4.79 Å². The molecule has 0 bridgehead atoms. The summed E-state index contributed by atoms with van der Waals surface area (Å²) in [5.74, 6) is 0.373. The van der Waals surface area contributed by atoms with Crippen LogP contribution in [0.2, 0.25) is 10.0 Å². The van der Waals surface area contributed by atoms with E-state index >= 15 is 0 Å². The number of carbonyl (C=O) groups is 1. The fourth-order valence-corrected chi connectivity index (χ4v) is 3.33. The molecule has 0 saturated heterocycles. The van der Waals surface area contributed by atoms with E-state index in [4.69, 9.17) is 40.2 Å². The second kappa shape index (κ2) is 10.3. The molecule has 0 aliphatic heterocycles. The number of benzene rings is 3. The molecule has 3 rings (SSSR count). The minimum absolute atomic E-state index is 0.150. The summed E-state index contributed by atoms with van der Waals surface area (Å²) >= 11 is 17.1. The molecule has 0 aliphatic carbocycles. The molecule has 7 heteroatoms. The molecular weight excluding hydrogens is 427 g/mol. The van der Waals surface area contributed by atoms with Gasteiger partial charge in [-0.1, -0.05) is 53.5 Å². The van der Waals surface area contributed by atoms with Crippen molar-refractivity contribution in [3.8, 4) is 5.75 Å². The van der Waals surface area contributed by atoms with Crippen LogP contribution in [0.1, 0.15) is 15.9 Å². The lowest BCUT2D eigenvalue weighted by atomic mass is 10.2. The number of hydrogen-bond acceptors (Lipinski definition) is 3. The second-order valence-electron chi connectivity index (χ2n) is 6.17. The monoisotopic (exact) mass is 444 g/mol. The van der Waals surface area contributed by atoms with E-state index in [0.29, 0.717) is 33.7 Å². The summed E-state index contributed by atoms with van der Waals surface area (Å²) in [5, 5.41) is 6.60. The maximum atomic E-state index is 12.4. The molecule has 3 aromatic carbocycles. The Labute approximate surface area is 184 Å². The molecule has 29 heavy (non-hydrogen) atoms. The first-order valence-corrected chi connectivity index (χ1v) is 10.0. The van der Waals surface area contributed by atoms with Crippen LogP contribution in [-0.2, 0) is 6.42 Å². The summed E-state index contributed by atoms with van der Waals surface area (Å²) in [5.41, 5.74) is 2.27. The van der Waals surface area contributed by atoms with Crippen molar-refractivity contribution in [3.05, 3.63) is 94.0 Å². The standard InChI is InChI=1S/C22H18Cl2N2O2S/c23-17-12-18(24)14-19(13-17)25-22(29)26-21(27)16-6-8-20(9-7-16)28-11-10-15-4-2-1-3-5-15/h1-9,12-14H,10-11H2,(H2,25,26,27,29). The van der Waals surface area contributed by atoms with E-state index in [0.717, 1.165) is 6.42 Å². The number of nitrogens with one attached hydrogen (secondary N) is 2. The molecule has 148 valence electrons. The number of carbonyl (C=O) groups excluding carboxylic acids is 1. The van der Waals surface area contributed by atoms with Gasteiger partial charge >= 0.3 is 0 Å². The molecular formula is C22H18Cl2N2O2S. The van der Waals surface area contributed by atoms with Crippen LogP contribution >= 0.6 is 35.4 Å². The summed E-state index contributed by atoms with van der Waals surface area (Å²) in [6.45, 7) is 0.561. The van der Waals surface area contributed by atoms with Crippen LogP contribution in [0.5, 0.6) is 5.75 Å². The number of hydrogen-bond donors (Lipinski definition) is 2. The van der Waals surface area contributed by atoms with Gasteiger partial charge in [-0.25, -0.2) is 0 Å². The molecule has 0 unspecified atom stereocenters. The van der Waals surface area contributed by atoms with Gasteiger partial charge in [0.2, 0.25) is 0 Å². The lowest BCUT2D eigenvalue weighted by molar-refractivity contribution is 0.0977. The Hall–Kier alpha value is -2.60. The Morgan fingerprint density at radius 1 is 0.931 bits per heavy atom. The minimum Gasteiger partial charge on any atom is -0.493 e. The summed E-state index contributed by atoms with van der Waals surface area (Å²) in [6.07, 6.45) is 0.816. The van der Waals surface area contributed by atoms with Crippen LogP contribution in [0.25, 0.3) is 0 Å². The number of amides is 1. The minimum atomic E-state index is -0.327. The molecule has 3 aromatic rings. The zero-order chi connectivity index (χ0) is 20.6. The molecule has 0 atom stereocenters. The van der Waals surface area contributed by atoms with Crippen molar-refractivity contribution in [2.75, 3.05) is 11.9 Å². The Morgan fingerprint density at radius 2 is 1.59 bits per heavy atom. The lowest BCUT2D eigenvalue weighted by Crippen LogP contribution is -2.34. The van der Waals surface area contributed by atoms with Crippen molar-refractivity contribution >= 4 is 52.1 Å². The topological polar surface area (TPSA) is 50.4 Å². The van der Waals surface area contributed by atoms with Gasteiger partial charge in [-0.15, -0.1) is 0 Å².